The van der Waals surface area contributed by atoms with Crippen molar-refractivity contribution in [2.75, 3.05) is 18.0 Å². The van der Waals surface area contributed by atoms with Crippen LogP contribution in [0.25, 0.3) is 0 Å². The molecular weight excluding hydrogens is 227 g/mol. The summed E-state index contributed by atoms with van der Waals surface area (Å²) in [7, 11) is 0. The van der Waals surface area contributed by atoms with E-state index in [9.17, 15) is 4.39 Å². The number of hydrogen-bond donors (Lipinski definition) is 1. The van der Waals surface area contributed by atoms with Crippen LogP contribution in [-0.2, 0) is 0 Å². The molecule has 2 aliphatic rings. The predicted octanol–water partition coefficient (Wildman–Crippen LogP) is 2.79. The SMILES string of the molecule is CCN(CC1CC2CCC1N2)c1ccc(F)cc1. The molecule has 2 fully saturated rings. The van der Waals surface area contributed by atoms with E-state index in [2.05, 4.69) is 17.1 Å². The Bertz CT molecular complexity index is 403. The Morgan fingerprint density at radius 1 is 1.28 bits per heavy atom. The van der Waals surface area contributed by atoms with Gasteiger partial charge in [-0.2, -0.15) is 0 Å². The molecule has 1 aromatic rings. The van der Waals surface area contributed by atoms with Crippen LogP contribution in [0.3, 0.4) is 0 Å². The van der Waals surface area contributed by atoms with E-state index in [4.69, 9.17) is 0 Å². The summed E-state index contributed by atoms with van der Waals surface area (Å²) >= 11 is 0. The zero-order valence-corrected chi connectivity index (χ0v) is 10.9. The molecule has 2 saturated heterocycles. The first-order chi connectivity index (χ1) is 8.76. The second kappa shape index (κ2) is 4.88. The van der Waals surface area contributed by atoms with Gasteiger partial charge in [0.1, 0.15) is 5.82 Å². The van der Waals surface area contributed by atoms with Gasteiger partial charge in [0.15, 0.2) is 0 Å². The highest BCUT2D eigenvalue weighted by atomic mass is 19.1. The maximum Gasteiger partial charge on any atom is 0.123 e. The van der Waals surface area contributed by atoms with E-state index in [1.165, 1.54) is 19.3 Å². The third-order valence-electron chi connectivity index (χ3n) is 4.46. The molecule has 3 rings (SSSR count). The first-order valence-corrected chi connectivity index (χ1v) is 7.03. The molecule has 0 amide bonds. The van der Waals surface area contributed by atoms with Gasteiger partial charge in [0, 0.05) is 30.9 Å². The van der Waals surface area contributed by atoms with E-state index < -0.39 is 0 Å². The molecule has 0 aliphatic carbocycles. The zero-order chi connectivity index (χ0) is 12.5. The van der Waals surface area contributed by atoms with Crippen LogP contribution >= 0.6 is 0 Å². The number of nitrogens with one attached hydrogen (secondary N) is 1. The number of rotatable bonds is 4. The quantitative estimate of drug-likeness (QED) is 0.881. The summed E-state index contributed by atoms with van der Waals surface area (Å²) in [6, 6.07) is 8.35. The van der Waals surface area contributed by atoms with Gasteiger partial charge in [-0.3, -0.25) is 0 Å². The zero-order valence-electron chi connectivity index (χ0n) is 10.9. The molecule has 2 aliphatic heterocycles. The van der Waals surface area contributed by atoms with E-state index in [0.29, 0.717) is 6.04 Å². The minimum atomic E-state index is -0.156. The summed E-state index contributed by atoms with van der Waals surface area (Å²) in [4.78, 5) is 2.37. The first-order valence-electron chi connectivity index (χ1n) is 7.03. The minimum Gasteiger partial charge on any atom is -0.371 e. The molecule has 0 aromatic heterocycles. The van der Waals surface area contributed by atoms with E-state index in [1.807, 2.05) is 12.1 Å². The number of fused-ring (bicyclic) bond motifs is 2. The summed E-state index contributed by atoms with van der Waals surface area (Å²) in [5.41, 5.74) is 1.14. The Labute approximate surface area is 108 Å². The van der Waals surface area contributed by atoms with Crippen molar-refractivity contribution >= 4 is 5.69 Å². The smallest absolute Gasteiger partial charge is 0.123 e. The highest BCUT2D eigenvalue weighted by Crippen LogP contribution is 2.34. The van der Waals surface area contributed by atoms with Crippen LogP contribution in [0.2, 0.25) is 0 Å². The summed E-state index contributed by atoms with van der Waals surface area (Å²) in [6.07, 6.45) is 3.99. The van der Waals surface area contributed by atoms with Crippen molar-refractivity contribution in [2.45, 2.75) is 38.3 Å². The van der Waals surface area contributed by atoms with Gasteiger partial charge in [-0.1, -0.05) is 0 Å². The fourth-order valence-corrected chi connectivity index (χ4v) is 3.49. The summed E-state index contributed by atoms with van der Waals surface area (Å²) in [5, 5.41) is 3.68. The normalized spacial score (nSPS) is 29.8. The van der Waals surface area contributed by atoms with Gasteiger partial charge < -0.3 is 10.2 Å². The average molecular weight is 248 g/mol. The Hall–Kier alpha value is -1.09. The van der Waals surface area contributed by atoms with E-state index in [1.54, 1.807) is 12.1 Å². The second-order valence-corrected chi connectivity index (χ2v) is 5.56. The molecule has 3 unspecified atom stereocenters. The molecule has 2 bridgehead atoms. The third-order valence-corrected chi connectivity index (χ3v) is 4.46. The molecule has 98 valence electrons. The van der Waals surface area contributed by atoms with Crippen LogP contribution in [0.15, 0.2) is 24.3 Å². The molecule has 0 spiro atoms. The van der Waals surface area contributed by atoms with Gasteiger partial charge in [-0.05, 0) is 56.4 Å². The number of benzene rings is 1. The van der Waals surface area contributed by atoms with E-state index in [0.717, 1.165) is 30.7 Å². The maximum absolute atomic E-state index is 13.0. The van der Waals surface area contributed by atoms with Crippen LogP contribution in [0.4, 0.5) is 10.1 Å². The predicted molar refractivity (Wildman–Crippen MR) is 72.3 cm³/mol. The molecule has 18 heavy (non-hydrogen) atoms. The van der Waals surface area contributed by atoms with Crippen LogP contribution in [0, 0.1) is 11.7 Å². The first kappa shape index (κ1) is 12.0. The standard InChI is InChI=1S/C15H21FN2/c1-2-18(14-6-3-12(16)4-7-14)10-11-9-13-5-8-15(11)17-13/h3-4,6-7,11,13,15,17H,2,5,8-10H2,1H3. The lowest BCUT2D eigenvalue weighted by atomic mass is 9.88. The molecule has 0 saturated carbocycles. The molecule has 2 heterocycles. The van der Waals surface area contributed by atoms with Crippen molar-refractivity contribution in [2.24, 2.45) is 5.92 Å². The van der Waals surface area contributed by atoms with Crippen LogP contribution in [0.1, 0.15) is 26.2 Å². The van der Waals surface area contributed by atoms with Crippen LogP contribution < -0.4 is 10.2 Å². The summed E-state index contributed by atoms with van der Waals surface area (Å²) in [5.74, 6) is 0.602. The van der Waals surface area contributed by atoms with Gasteiger partial charge in [0.25, 0.3) is 0 Å². The van der Waals surface area contributed by atoms with Crippen molar-refractivity contribution in [1.29, 1.82) is 0 Å². The Morgan fingerprint density at radius 2 is 2.06 bits per heavy atom. The van der Waals surface area contributed by atoms with Crippen molar-refractivity contribution in [3.63, 3.8) is 0 Å². The lowest BCUT2D eigenvalue weighted by Gasteiger charge is -2.30. The van der Waals surface area contributed by atoms with Gasteiger partial charge in [-0.25, -0.2) is 4.39 Å². The minimum absolute atomic E-state index is 0.156. The van der Waals surface area contributed by atoms with Crippen molar-refractivity contribution in [3.8, 4) is 0 Å². The number of halogens is 1. The summed E-state index contributed by atoms with van der Waals surface area (Å²) in [6.45, 7) is 4.25. The van der Waals surface area contributed by atoms with Gasteiger partial charge in [-0.15, -0.1) is 0 Å². The van der Waals surface area contributed by atoms with Crippen molar-refractivity contribution in [1.82, 2.24) is 5.32 Å². The average Bonchev–Trinajstić information content (AvgIpc) is 2.99. The largest absolute Gasteiger partial charge is 0.371 e. The topological polar surface area (TPSA) is 15.3 Å². The molecule has 0 radical (unpaired) electrons. The van der Waals surface area contributed by atoms with Gasteiger partial charge >= 0.3 is 0 Å². The van der Waals surface area contributed by atoms with Gasteiger partial charge in [0.05, 0.1) is 0 Å². The molecular formula is C15H21FN2. The monoisotopic (exact) mass is 248 g/mol. The Balaban J connectivity index is 1.67. The maximum atomic E-state index is 13.0. The van der Waals surface area contributed by atoms with Crippen LogP contribution in [-0.4, -0.2) is 25.2 Å². The number of nitrogens with zero attached hydrogens (tertiary/aromatic N) is 1. The van der Waals surface area contributed by atoms with Crippen LogP contribution in [0.5, 0.6) is 0 Å². The third kappa shape index (κ3) is 2.24. The fraction of sp³-hybridized carbons (Fsp3) is 0.600. The Kier molecular flexibility index (Phi) is 3.25. The second-order valence-electron chi connectivity index (χ2n) is 5.56. The summed E-state index contributed by atoms with van der Waals surface area (Å²) < 4.78 is 13.0. The fourth-order valence-electron chi connectivity index (χ4n) is 3.49. The molecule has 1 aromatic carbocycles. The highest BCUT2D eigenvalue weighted by molar-refractivity contribution is 5.46. The molecule has 1 N–H and O–H groups in total. The van der Waals surface area contributed by atoms with Gasteiger partial charge in [0.2, 0.25) is 0 Å². The lowest BCUT2D eigenvalue weighted by Crippen LogP contribution is -2.35. The number of hydrogen-bond acceptors (Lipinski definition) is 2. The van der Waals surface area contributed by atoms with E-state index in [-0.39, 0.29) is 5.82 Å². The number of anilines is 1. The molecule has 3 atom stereocenters. The van der Waals surface area contributed by atoms with Crippen molar-refractivity contribution in [3.05, 3.63) is 30.1 Å². The molecule has 3 heteroatoms. The lowest BCUT2D eigenvalue weighted by molar-refractivity contribution is 0.405. The van der Waals surface area contributed by atoms with Crippen molar-refractivity contribution < 1.29 is 4.39 Å². The molecule has 2 nitrogen and oxygen atoms in total. The Morgan fingerprint density at radius 3 is 2.61 bits per heavy atom. The van der Waals surface area contributed by atoms with E-state index >= 15 is 0 Å². The highest BCUT2D eigenvalue weighted by Gasteiger charge is 2.39.